The summed E-state index contributed by atoms with van der Waals surface area (Å²) in [7, 11) is 0. The molecule has 0 N–H and O–H groups in total. The zero-order chi connectivity index (χ0) is 6.53. The molecule has 1 aromatic rings. The number of unbranched alkanes of at least 4 members (excludes halogenated alkanes) is 1. The molecule has 0 saturated carbocycles. The van der Waals surface area contributed by atoms with Crippen LogP contribution >= 0.6 is 0 Å². The zero-order valence-electron chi connectivity index (χ0n) is 7.19. The molecule has 0 aliphatic rings. The van der Waals surface area contributed by atoms with Crippen molar-refractivity contribution in [3.8, 4) is 0 Å². The van der Waals surface area contributed by atoms with E-state index in [1.165, 1.54) is 24.8 Å². The van der Waals surface area contributed by atoms with Crippen molar-refractivity contribution in [3.05, 3.63) is 29.8 Å². The van der Waals surface area contributed by atoms with Crippen molar-refractivity contribution in [2.45, 2.75) is 26.2 Å². The van der Waals surface area contributed by atoms with Gasteiger partial charge in [-0.2, -0.15) is 23.8 Å². The van der Waals surface area contributed by atoms with Gasteiger partial charge in [0.25, 0.3) is 0 Å². The van der Waals surface area contributed by atoms with Gasteiger partial charge in [-0.15, -0.1) is 0 Å². The SMILES string of the molecule is CCCCc1cc[cH-]c1.[Cl-].[Cl-].[Hf]. The second-order valence-electron chi connectivity index (χ2n) is 2.40. The van der Waals surface area contributed by atoms with Gasteiger partial charge in [0.2, 0.25) is 0 Å². The summed E-state index contributed by atoms with van der Waals surface area (Å²) in [5, 5.41) is 0. The summed E-state index contributed by atoms with van der Waals surface area (Å²) in [5.41, 5.74) is 1.48. The van der Waals surface area contributed by atoms with E-state index >= 15 is 0 Å². The number of hydrogen-bond donors (Lipinski definition) is 0. The van der Waals surface area contributed by atoms with Crippen LogP contribution in [-0.2, 0) is 32.3 Å². The monoisotopic (exact) mass is 371 g/mol. The van der Waals surface area contributed by atoms with Crippen molar-refractivity contribution in [1.82, 2.24) is 0 Å². The Morgan fingerprint density at radius 1 is 1.33 bits per heavy atom. The van der Waals surface area contributed by atoms with Gasteiger partial charge in [-0.05, 0) is 0 Å². The van der Waals surface area contributed by atoms with E-state index in [9.17, 15) is 0 Å². The van der Waals surface area contributed by atoms with E-state index in [2.05, 4.69) is 31.2 Å². The molecular formula is C9H13Cl2Hf-3. The van der Waals surface area contributed by atoms with E-state index < -0.39 is 0 Å². The second-order valence-corrected chi connectivity index (χ2v) is 2.40. The molecule has 0 aliphatic carbocycles. The fourth-order valence-electron chi connectivity index (χ4n) is 0.961. The molecule has 1 rings (SSSR count). The fraction of sp³-hybridized carbons (Fsp3) is 0.444. The van der Waals surface area contributed by atoms with Gasteiger partial charge in [0.05, 0.1) is 0 Å². The molecule has 70 valence electrons. The predicted molar refractivity (Wildman–Crippen MR) is 40.6 cm³/mol. The van der Waals surface area contributed by atoms with Crippen LogP contribution in [0.4, 0.5) is 0 Å². The average Bonchev–Trinajstić information content (AvgIpc) is 2.34. The Morgan fingerprint density at radius 3 is 2.42 bits per heavy atom. The van der Waals surface area contributed by atoms with Gasteiger partial charge in [0.15, 0.2) is 0 Å². The fourth-order valence-corrected chi connectivity index (χ4v) is 0.961. The Balaban J connectivity index is -0.000000270. The predicted octanol–water partition coefficient (Wildman–Crippen LogP) is -3.25. The summed E-state index contributed by atoms with van der Waals surface area (Å²) in [6, 6.07) is 8.58. The maximum Gasteiger partial charge on any atom is 0 e. The Morgan fingerprint density at radius 2 is 2.00 bits per heavy atom. The first-order chi connectivity index (χ1) is 4.43. The van der Waals surface area contributed by atoms with Crippen LogP contribution < -0.4 is 24.8 Å². The van der Waals surface area contributed by atoms with Crippen molar-refractivity contribution in [3.63, 3.8) is 0 Å². The number of halogens is 2. The molecular weight excluding hydrogens is 357 g/mol. The first kappa shape index (κ1) is 18.6. The van der Waals surface area contributed by atoms with Crippen LogP contribution in [0.25, 0.3) is 0 Å². The maximum absolute atomic E-state index is 2.23. The van der Waals surface area contributed by atoms with Crippen LogP contribution in [0.2, 0.25) is 0 Å². The molecule has 1 aromatic carbocycles. The van der Waals surface area contributed by atoms with Gasteiger partial charge in [-0.3, -0.25) is 0 Å². The van der Waals surface area contributed by atoms with Gasteiger partial charge in [-0.1, -0.05) is 26.2 Å². The van der Waals surface area contributed by atoms with Gasteiger partial charge in [-0.25, -0.2) is 6.07 Å². The summed E-state index contributed by atoms with van der Waals surface area (Å²) >= 11 is 0. The first-order valence-corrected chi connectivity index (χ1v) is 3.64. The Bertz CT molecular complexity index is 150. The maximum atomic E-state index is 2.23. The average molecular weight is 371 g/mol. The smallest absolute Gasteiger partial charge is 0 e. The first-order valence-electron chi connectivity index (χ1n) is 3.64. The largest absolute Gasteiger partial charge is 1.00 e. The molecule has 0 amide bonds. The minimum Gasteiger partial charge on any atom is -1.00 e. The standard InChI is InChI=1S/C9H13.2ClH.Hf/c1-2-3-6-9-7-4-5-8-9;;;/h4-5,7-8H,2-3,6H2,1H3;2*1H;/q-1;;;/p-2. The van der Waals surface area contributed by atoms with Crippen LogP contribution in [0.15, 0.2) is 24.3 Å². The molecule has 0 aliphatic heterocycles. The van der Waals surface area contributed by atoms with Gasteiger partial charge in [0.1, 0.15) is 0 Å². The molecule has 0 heterocycles. The van der Waals surface area contributed by atoms with Crippen LogP contribution in [0, 0.1) is 0 Å². The van der Waals surface area contributed by atoms with E-state index in [1.807, 2.05) is 0 Å². The van der Waals surface area contributed by atoms with Crippen molar-refractivity contribution in [2.75, 3.05) is 0 Å². The topological polar surface area (TPSA) is 0 Å². The molecule has 0 fully saturated rings. The summed E-state index contributed by atoms with van der Waals surface area (Å²) in [6.45, 7) is 2.23. The molecule has 0 radical (unpaired) electrons. The van der Waals surface area contributed by atoms with E-state index in [0.717, 1.165) is 0 Å². The second kappa shape index (κ2) is 11.8. The molecule has 0 saturated heterocycles. The van der Waals surface area contributed by atoms with Crippen LogP contribution in [0.5, 0.6) is 0 Å². The summed E-state index contributed by atoms with van der Waals surface area (Å²) in [4.78, 5) is 0. The summed E-state index contributed by atoms with van der Waals surface area (Å²) < 4.78 is 0. The van der Waals surface area contributed by atoms with E-state index in [0.29, 0.717) is 0 Å². The molecule has 0 nitrogen and oxygen atoms in total. The molecule has 12 heavy (non-hydrogen) atoms. The molecule has 0 aromatic heterocycles. The molecule has 3 heteroatoms. The van der Waals surface area contributed by atoms with Crippen LogP contribution in [0.3, 0.4) is 0 Å². The quantitative estimate of drug-likeness (QED) is 0.387. The Labute approximate surface area is 106 Å². The van der Waals surface area contributed by atoms with Crippen molar-refractivity contribution in [1.29, 1.82) is 0 Å². The number of rotatable bonds is 3. The number of hydrogen-bond acceptors (Lipinski definition) is 0. The van der Waals surface area contributed by atoms with Crippen LogP contribution in [-0.4, -0.2) is 0 Å². The molecule has 0 atom stereocenters. The molecule has 0 bridgehead atoms. The van der Waals surface area contributed by atoms with E-state index in [-0.39, 0.29) is 50.7 Å². The minimum absolute atomic E-state index is 0. The van der Waals surface area contributed by atoms with Crippen molar-refractivity contribution < 1.29 is 50.7 Å². The van der Waals surface area contributed by atoms with Gasteiger partial charge >= 0.3 is 0 Å². The summed E-state index contributed by atoms with van der Waals surface area (Å²) in [5.74, 6) is 0. The summed E-state index contributed by atoms with van der Waals surface area (Å²) in [6.07, 6.45) is 3.87. The Hall–Kier alpha value is 0.800. The van der Waals surface area contributed by atoms with Gasteiger partial charge in [0, 0.05) is 25.8 Å². The third-order valence-corrected chi connectivity index (χ3v) is 1.55. The Kier molecular flexibility index (Phi) is 18.2. The molecule has 0 unspecified atom stereocenters. The van der Waals surface area contributed by atoms with Crippen LogP contribution in [0.1, 0.15) is 25.3 Å². The zero-order valence-corrected chi connectivity index (χ0v) is 12.3. The minimum atomic E-state index is 0. The third kappa shape index (κ3) is 7.45. The van der Waals surface area contributed by atoms with Crippen molar-refractivity contribution >= 4 is 0 Å². The van der Waals surface area contributed by atoms with Gasteiger partial charge < -0.3 is 24.8 Å². The van der Waals surface area contributed by atoms with E-state index in [1.54, 1.807) is 0 Å². The molecule has 0 spiro atoms. The van der Waals surface area contributed by atoms with Crippen molar-refractivity contribution in [2.24, 2.45) is 0 Å². The number of aryl methyl sites for hydroxylation is 1. The third-order valence-electron chi connectivity index (χ3n) is 1.55. The van der Waals surface area contributed by atoms with E-state index in [4.69, 9.17) is 0 Å². The normalized spacial score (nSPS) is 7.42.